The summed E-state index contributed by atoms with van der Waals surface area (Å²) in [5.41, 5.74) is 3.67. The van der Waals surface area contributed by atoms with Crippen molar-refractivity contribution in [3.8, 4) is 5.75 Å². The zero-order valence-electron chi connectivity index (χ0n) is 16.1. The number of carbonyl (C=O) groups is 1. The van der Waals surface area contributed by atoms with Crippen LogP contribution in [0.3, 0.4) is 0 Å². The van der Waals surface area contributed by atoms with Gasteiger partial charge < -0.3 is 14.8 Å². The minimum Gasteiger partial charge on any atom is -0.496 e. The van der Waals surface area contributed by atoms with Crippen LogP contribution >= 0.6 is 11.6 Å². The van der Waals surface area contributed by atoms with E-state index in [1.54, 1.807) is 18.2 Å². The summed E-state index contributed by atoms with van der Waals surface area (Å²) in [5.74, 6) is 0.199. The summed E-state index contributed by atoms with van der Waals surface area (Å²) in [6.45, 7) is 1.64. The van der Waals surface area contributed by atoms with Gasteiger partial charge in [-0.15, -0.1) is 0 Å². The van der Waals surface area contributed by atoms with E-state index in [-0.39, 0.29) is 12.0 Å². The van der Waals surface area contributed by atoms with Crippen LogP contribution in [0.25, 0.3) is 0 Å². The number of amides is 1. The maximum Gasteiger partial charge on any atom is 0.255 e. The number of carbonyl (C=O) groups excluding carboxylic acids is 1. The Morgan fingerprint density at radius 2 is 2.14 bits per heavy atom. The maximum atomic E-state index is 12.6. The second-order valence-electron chi connectivity index (χ2n) is 6.89. The minimum absolute atomic E-state index is 0.238. The molecule has 1 aromatic heterocycles. The van der Waals surface area contributed by atoms with Crippen molar-refractivity contribution >= 4 is 17.5 Å². The lowest BCUT2D eigenvalue weighted by atomic mass is 10.1. The fraction of sp³-hybridized carbons (Fsp3) is 0.273. The molecular weight excluding hydrogens is 390 g/mol. The Balaban J connectivity index is 1.45. The summed E-state index contributed by atoms with van der Waals surface area (Å²) in [7, 11) is 1.51. The second kappa shape index (κ2) is 8.68. The standard InChI is InChI=1S/C22H22ClN3O3/c1-28-19-11-17(23)7-8-18(19)22(27)24-12-20-21-16(9-10-29-20)14-26(25-21)13-15-5-3-2-4-6-15/h2-8,11,14,20H,9-10,12-13H2,1H3,(H,24,27)/t20-/m0/s1. The van der Waals surface area contributed by atoms with E-state index in [1.807, 2.05) is 22.9 Å². The number of fused-ring (bicyclic) bond motifs is 1. The fourth-order valence-electron chi connectivity index (χ4n) is 3.47. The number of aromatic nitrogens is 2. The largest absolute Gasteiger partial charge is 0.496 e. The Hall–Kier alpha value is -2.83. The smallest absolute Gasteiger partial charge is 0.255 e. The number of nitrogens with zero attached hydrogens (tertiary/aromatic N) is 2. The summed E-state index contributed by atoms with van der Waals surface area (Å²) in [6.07, 6.45) is 2.61. The molecule has 3 aromatic rings. The zero-order chi connectivity index (χ0) is 20.2. The highest BCUT2D eigenvalue weighted by Crippen LogP contribution is 2.27. The SMILES string of the molecule is COc1cc(Cl)ccc1C(=O)NC[C@@H]1OCCc2cn(Cc3ccccc3)nc21. The van der Waals surface area contributed by atoms with Gasteiger partial charge in [-0.25, -0.2) is 0 Å². The number of benzene rings is 2. The molecule has 0 unspecified atom stereocenters. The molecular formula is C22H22ClN3O3. The number of hydrogen-bond donors (Lipinski definition) is 1. The van der Waals surface area contributed by atoms with E-state index in [0.717, 1.165) is 17.7 Å². The van der Waals surface area contributed by atoms with Crippen LogP contribution in [0.2, 0.25) is 5.02 Å². The van der Waals surface area contributed by atoms with Crippen LogP contribution in [0.1, 0.15) is 33.3 Å². The first-order valence-corrected chi connectivity index (χ1v) is 9.85. The molecule has 150 valence electrons. The van der Waals surface area contributed by atoms with Gasteiger partial charge in [-0.3, -0.25) is 9.48 Å². The van der Waals surface area contributed by atoms with E-state index in [2.05, 4.69) is 23.6 Å². The molecule has 7 heteroatoms. The van der Waals surface area contributed by atoms with Gasteiger partial charge in [-0.05, 0) is 35.7 Å². The Bertz CT molecular complexity index is 1000. The quantitative estimate of drug-likeness (QED) is 0.672. The molecule has 2 heterocycles. The van der Waals surface area contributed by atoms with Crippen LogP contribution < -0.4 is 10.1 Å². The molecule has 0 aliphatic carbocycles. The van der Waals surface area contributed by atoms with Crippen LogP contribution in [-0.4, -0.2) is 35.9 Å². The zero-order valence-corrected chi connectivity index (χ0v) is 16.9. The molecule has 0 fully saturated rings. The minimum atomic E-state index is -0.280. The Morgan fingerprint density at radius 3 is 2.93 bits per heavy atom. The average molecular weight is 412 g/mol. The summed E-state index contributed by atoms with van der Waals surface area (Å²) in [5, 5.41) is 8.16. The first-order valence-electron chi connectivity index (χ1n) is 9.47. The van der Waals surface area contributed by atoms with Crippen LogP contribution in [0.5, 0.6) is 5.75 Å². The molecule has 0 spiro atoms. The van der Waals surface area contributed by atoms with Gasteiger partial charge in [0.1, 0.15) is 11.9 Å². The summed E-state index contributed by atoms with van der Waals surface area (Å²) >= 11 is 5.97. The summed E-state index contributed by atoms with van der Waals surface area (Å²) in [4.78, 5) is 12.6. The highest BCUT2D eigenvalue weighted by Gasteiger charge is 2.26. The molecule has 0 bridgehead atoms. The Labute approximate surface area is 174 Å². The summed E-state index contributed by atoms with van der Waals surface area (Å²) < 4.78 is 13.1. The van der Waals surface area contributed by atoms with E-state index in [1.165, 1.54) is 12.7 Å². The number of ether oxygens (including phenoxy) is 2. The van der Waals surface area contributed by atoms with Gasteiger partial charge in [-0.2, -0.15) is 5.10 Å². The van der Waals surface area contributed by atoms with Crippen LogP contribution in [-0.2, 0) is 17.7 Å². The molecule has 1 atom stereocenters. The lowest BCUT2D eigenvalue weighted by molar-refractivity contribution is 0.0383. The number of rotatable bonds is 6. The maximum absolute atomic E-state index is 12.6. The van der Waals surface area contributed by atoms with Crippen molar-refractivity contribution in [3.05, 3.63) is 82.1 Å². The van der Waals surface area contributed by atoms with Crippen molar-refractivity contribution < 1.29 is 14.3 Å². The molecule has 6 nitrogen and oxygen atoms in total. The molecule has 1 amide bonds. The first-order chi connectivity index (χ1) is 14.1. The molecule has 1 aliphatic rings. The van der Waals surface area contributed by atoms with Crippen molar-refractivity contribution in [2.24, 2.45) is 0 Å². The predicted molar refractivity (Wildman–Crippen MR) is 111 cm³/mol. The van der Waals surface area contributed by atoms with Crippen molar-refractivity contribution in [3.63, 3.8) is 0 Å². The number of hydrogen-bond acceptors (Lipinski definition) is 4. The highest BCUT2D eigenvalue weighted by molar-refractivity contribution is 6.30. The fourth-order valence-corrected chi connectivity index (χ4v) is 3.63. The normalized spacial score (nSPS) is 15.6. The van der Waals surface area contributed by atoms with Gasteiger partial charge in [0.15, 0.2) is 0 Å². The third-order valence-electron chi connectivity index (χ3n) is 4.91. The third-order valence-corrected chi connectivity index (χ3v) is 5.14. The van der Waals surface area contributed by atoms with Crippen LogP contribution in [0.15, 0.2) is 54.7 Å². The van der Waals surface area contributed by atoms with E-state index >= 15 is 0 Å². The molecule has 0 radical (unpaired) electrons. The molecule has 29 heavy (non-hydrogen) atoms. The summed E-state index contributed by atoms with van der Waals surface area (Å²) in [6, 6.07) is 15.1. The molecule has 1 aliphatic heterocycles. The van der Waals surface area contributed by atoms with Crippen molar-refractivity contribution in [1.29, 1.82) is 0 Å². The molecule has 0 saturated carbocycles. The van der Waals surface area contributed by atoms with Crippen LogP contribution in [0.4, 0.5) is 0 Å². The van der Waals surface area contributed by atoms with Gasteiger partial charge in [0.2, 0.25) is 0 Å². The van der Waals surface area contributed by atoms with Crippen molar-refractivity contribution in [1.82, 2.24) is 15.1 Å². The van der Waals surface area contributed by atoms with Gasteiger partial charge in [0.05, 0.1) is 31.5 Å². The third kappa shape index (κ3) is 4.44. The number of halogens is 1. The molecule has 2 aromatic carbocycles. The number of methoxy groups -OCH3 is 1. The van der Waals surface area contributed by atoms with E-state index in [0.29, 0.717) is 36.0 Å². The van der Waals surface area contributed by atoms with Gasteiger partial charge in [-0.1, -0.05) is 41.9 Å². The van der Waals surface area contributed by atoms with E-state index in [9.17, 15) is 4.79 Å². The topological polar surface area (TPSA) is 65.4 Å². The Kier molecular flexibility index (Phi) is 5.83. The van der Waals surface area contributed by atoms with Gasteiger partial charge in [0, 0.05) is 17.8 Å². The van der Waals surface area contributed by atoms with Gasteiger partial charge >= 0.3 is 0 Å². The van der Waals surface area contributed by atoms with E-state index in [4.69, 9.17) is 26.2 Å². The Morgan fingerprint density at radius 1 is 1.31 bits per heavy atom. The van der Waals surface area contributed by atoms with Crippen LogP contribution in [0, 0.1) is 0 Å². The second-order valence-corrected chi connectivity index (χ2v) is 7.32. The lowest BCUT2D eigenvalue weighted by Gasteiger charge is -2.22. The van der Waals surface area contributed by atoms with Gasteiger partial charge in [0.25, 0.3) is 5.91 Å². The predicted octanol–water partition coefficient (Wildman–Crippen LogP) is 3.64. The lowest BCUT2D eigenvalue weighted by Crippen LogP contribution is -2.32. The molecule has 0 saturated heterocycles. The van der Waals surface area contributed by atoms with Crippen molar-refractivity contribution in [2.75, 3.05) is 20.3 Å². The monoisotopic (exact) mass is 411 g/mol. The molecule has 4 rings (SSSR count). The first kappa shape index (κ1) is 19.5. The van der Waals surface area contributed by atoms with E-state index < -0.39 is 0 Å². The van der Waals surface area contributed by atoms with Crippen molar-refractivity contribution in [2.45, 2.75) is 19.1 Å². The number of nitrogens with one attached hydrogen (secondary N) is 1. The highest BCUT2D eigenvalue weighted by atomic mass is 35.5. The average Bonchev–Trinajstić information content (AvgIpc) is 3.15. The molecule has 1 N–H and O–H groups in total.